The minimum atomic E-state index is -2.80. The van der Waals surface area contributed by atoms with Crippen molar-refractivity contribution in [1.29, 1.82) is 0 Å². The van der Waals surface area contributed by atoms with Crippen molar-refractivity contribution in [3.8, 4) is 5.75 Å². The van der Waals surface area contributed by atoms with Crippen LogP contribution in [0.5, 0.6) is 5.75 Å². The lowest BCUT2D eigenvalue weighted by Gasteiger charge is -2.08. The van der Waals surface area contributed by atoms with Gasteiger partial charge in [-0.15, -0.1) is 0 Å². The van der Waals surface area contributed by atoms with E-state index in [2.05, 4.69) is 25.7 Å². The molecule has 1 aromatic rings. The van der Waals surface area contributed by atoms with Gasteiger partial charge in [-0.25, -0.2) is 13.8 Å². The van der Waals surface area contributed by atoms with Crippen molar-refractivity contribution in [3.63, 3.8) is 0 Å². The zero-order valence-corrected chi connectivity index (χ0v) is 8.11. The van der Waals surface area contributed by atoms with E-state index in [4.69, 9.17) is 0 Å². The van der Waals surface area contributed by atoms with E-state index in [9.17, 15) is 13.2 Å². The molecular weight excluding hydrogens is 251 g/mol. The number of pyridine rings is 1. The number of ether oxygens (including phenoxy) is 1. The van der Waals surface area contributed by atoms with Gasteiger partial charge in [-0.3, -0.25) is 0 Å². The van der Waals surface area contributed by atoms with E-state index in [0.717, 1.165) is 13.3 Å². The molecule has 0 atom stereocenters. The second kappa shape index (κ2) is 3.95. The van der Waals surface area contributed by atoms with Crippen LogP contribution in [0, 0.1) is 5.82 Å². The molecule has 0 saturated carbocycles. The molecule has 0 aliphatic heterocycles. The Morgan fingerprint density at radius 3 is 2.62 bits per heavy atom. The molecule has 1 heterocycles. The highest BCUT2D eigenvalue weighted by Crippen LogP contribution is 2.33. The summed E-state index contributed by atoms with van der Waals surface area (Å²) >= 11 is 2.76. The summed E-state index contributed by atoms with van der Waals surface area (Å²) in [7, 11) is 1.12. The predicted octanol–water partition coefficient (Wildman–Crippen LogP) is 2.93. The number of aromatic nitrogens is 1. The maximum Gasteiger partial charge on any atom is 0.269 e. The van der Waals surface area contributed by atoms with Crippen molar-refractivity contribution in [2.75, 3.05) is 7.11 Å². The molecule has 0 amide bonds. The van der Waals surface area contributed by atoms with E-state index in [1.54, 1.807) is 0 Å². The fourth-order valence-electron chi connectivity index (χ4n) is 0.825. The molecule has 0 saturated heterocycles. The Morgan fingerprint density at radius 1 is 1.54 bits per heavy atom. The highest BCUT2D eigenvalue weighted by molar-refractivity contribution is 9.10. The number of alkyl halides is 2. The fraction of sp³-hybridized carbons (Fsp3) is 0.286. The first-order valence-corrected chi connectivity index (χ1v) is 4.03. The van der Waals surface area contributed by atoms with Crippen LogP contribution >= 0.6 is 15.9 Å². The van der Waals surface area contributed by atoms with Gasteiger partial charge in [-0.1, -0.05) is 0 Å². The van der Waals surface area contributed by atoms with Crippen LogP contribution < -0.4 is 4.74 Å². The van der Waals surface area contributed by atoms with Crippen LogP contribution in [0.3, 0.4) is 0 Å². The smallest absolute Gasteiger partial charge is 0.269 e. The third-order valence-electron chi connectivity index (χ3n) is 1.40. The number of hydrogen-bond acceptors (Lipinski definition) is 2. The van der Waals surface area contributed by atoms with E-state index >= 15 is 0 Å². The second-order valence-corrected chi connectivity index (χ2v) is 2.90. The first-order chi connectivity index (χ1) is 6.07. The molecule has 72 valence electrons. The average Bonchev–Trinajstić information content (AvgIpc) is 2.09. The van der Waals surface area contributed by atoms with Crippen LogP contribution in [-0.4, -0.2) is 12.1 Å². The fourth-order valence-corrected chi connectivity index (χ4v) is 1.11. The first-order valence-electron chi connectivity index (χ1n) is 3.24. The van der Waals surface area contributed by atoms with Crippen molar-refractivity contribution in [2.24, 2.45) is 0 Å². The third-order valence-corrected chi connectivity index (χ3v) is 1.95. The second-order valence-electron chi connectivity index (χ2n) is 2.15. The van der Waals surface area contributed by atoms with Crippen LogP contribution in [0.1, 0.15) is 12.0 Å². The minimum Gasteiger partial charge on any atom is -0.493 e. The molecule has 1 aromatic heterocycles. The summed E-state index contributed by atoms with van der Waals surface area (Å²) in [5.74, 6) is -1.39. The Hall–Kier alpha value is -0.780. The molecule has 0 unspecified atom stereocenters. The van der Waals surface area contributed by atoms with E-state index < -0.39 is 23.6 Å². The highest BCUT2D eigenvalue weighted by Gasteiger charge is 2.20. The Labute approximate surface area is 80.9 Å². The molecule has 0 radical (unpaired) electrons. The van der Waals surface area contributed by atoms with Crippen molar-refractivity contribution < 1.29 is 17.9 Å². The van der Waals surface area contributed by atoms with Gasteiger partial charge in [-0.05, 0) is 15.9 Å². The summed E-state index contributed by atoms with van der Waals surface area (Å²) in [4.78, 5) is 3.39. The van der Waals surface area contributed by atoms with Crippen LogP contribution in [0.2, 0.25) is 0 Å². The maximum atomic E-state index is 13.1. The summed E-state index contributed by atoms with van der Waals surface area (Å²) in [6.07, 6.45) is -1.93. The topological polar surface area (TPSA) is 22.1 Å². The van der Waals surface area contributed by atoms with Crippen molar-refractivity contribution >= 4 is 15.9 Å². The molecule has 0 aliphatic carbocycles. The molecule has 13 heavy (non-hydrogen) atoms. The quantitative estimate of drug-likeness (QED) is 0.759. The zero-order valence-electron chi connectivity index (χ0n) is 6.52. The van der Waals surface area contributed by atoms with Gasteiger partial charge < -0.3 is 4.74 Å². The number of rotatable bonds is 2. The SMILES string of the molecule is COc1c(C(F)F)cnc(Br)c1F. The lowest BCUT2D eigenvalue weighted by atomic mass is 10.2. The number of halogens is 4. The maximum absolute atomic E-state index is 13.1. The number of hydrogen-bond donors (Lipinski definition) is 0. The molecule has 0 aromatic carbocycles. The summed E-state index contributed by atoms with van der Waals surface area (Å²) in [5, 5.41) is 0. The Morgan fingerprint density at radius 2 is 2.15 bits per heavy atom. The van der Waals surface area contributed by atoms with Crippen LogP contribution in [0.15, 0.2) is 10.8 Å². The van der Waals surface area contributed by atoms with E-state index in [1.807, 2.05) is 0 Å². The van der Waals surface area contributed by atoms with E-state index in [0.29, 0.717) is 0 Å². The van der Waals surface area contributed by atoms with Gasteiger partial charge in [0, 0.05) is 6.20 Å². The minimum absolute atomic E-state index is 0.145. The van der Waals surface area contributed by atoms with Crippen molar-refractivity contribution in [1.82, 2.24) is 4.98 Å². The largest absolute Gasteiger partial charge is 0.493 e. The van der Waals surface area contributed by atoms with Gasteiger partial charge in [0.25, 0.3) is 6.43 Å². The monoisotopic (exact) mass is 255 g/mol. The molecule has 0 aliphatic rings. The standard InChI is InChI=1S/C7H5BrF3NO/c1-13-5-3(7(10)11)2-12-6(8)4(5)9/h2,7H,1H3. The average molecular weight is 256 g/mol. The molecule has 6 heteroatoms. The summed E-state index contributed by atoms with van der Waals surface area (Å²) in [6, 6.07) is 0. The lowest BCUT2D eigenvalue weighted by molar-refractivity contribution is 0.145. The summed E-state index contributed by atoms with van der Waals surface area (Å²) < 4.78 is 41.9. The van der Waals surface area contributed by atoms with E-state index in [1.165, 1.54) is 0 Å². The third kappa shape index (κ3) is 1.93. The first kappa shape index (κ1) is 10.3. The molecule has 0 spiro atoms. The van der Waals surface area contributed by atoms with Crippen molar-refractivity contribution in [3.05, 3.63) is 22.2 Å². The molecule has 0 N–H and O–H groups in total. The zero-order chi connectivity index (χ0) is 10.0. The summed E-state index contributed by atoms with van der Waals surface area (Å²) in [6.45, 7) is 0. The molecule has 1 rings (SSSR count). The lowest BCUT2D eigenvalue weighted by Crippen LogP contribution is -1.98. The molecule has 2 nitrogen and oxygen atoms in total. The van der Waals surface area contributed by atoms with Gasteiger partial charge >= 0.3 is 0 Å². The Kier molecular flexibility index (Phi) is 3.13. The van der Waals surface area contributed by atoms with Gasteiger partial charge in [0.2, 0.25) is 0 Å². The molecule has 0 fully saturated rings. The van der Waals surface area contributed by atoms with Crippen LogP contribution in [-0.2, 0) is 0 Å². The van der Waals surface area contributed by atoms with Gasteiger partial charge in [-0.2, -0.15) is 4.39 Å². The normalized spacial score (nSPS) is 10.6. The Bertz CT molecular complexity index is 319. The number of nitrogens with zero attached hydrogens (tertiary/aromatic N) is 1. The molecular formula is C7H5BrF3NO. The highest BCUT2D eigenvalue weighted by atomic mass is 79.9. The summed E-state index contributed by atoms with van der Waals surface area (Å²) in [5.41, 5.74) is -0.553. The number of methoxy groups -OCH3 is 1. The van der Waals surface area contributed by atoms with E-state index in [-0.39, 0.29) is 4.60 Å². The van der Waals surface area contributed by atoms with Crippen molar-refractivity contribution in [2.45, 2.75) is 6.43 Å². The predicted molar refractivity (Wildman–Crippen MR) is 43.4 cm³/mol. The molecule has 0 bridgehead atoms. The van der Waals surface area contributed by atoms with Gasteiger partial charge in [0.1, 0.15) is 4.60 Å². The van der Waals surface area contributed by atoms with Gasteiger partial charge in [0.05, 0.1) is 12.7 Å². The Balaban J connectivity index is 3.30. The van der Waals surface area contributed by atoms with Crippen LogP contribution in [0.25, 0.3) is 0 Å². The van der Waals surface area contributed by atoms with Crippen LogP contribution in [0.4, 0.5) is 13.2 Å². The van der Waals surface area contributed by atoms with Gasteiger partial charge in [0.15, 0.2) is 11.6 Å².